The number of cyclic esters (lactones) is 1. The predicted octanol–water partition coefficient (Wildman–Crippen LogP) is 7.03. The number of esters is 1. The Kier molecular flexibility index (Phi) is 7.45. The number of aryl methyl sites for hydroxylation is 2. The van der Waals surface area contributed by atoms with E-state index in [1.165, 1.54) is 6.07 Å². The van der Waals surface area contributed by atoms with Crippen LogP contribution >= 0.6 is 31.9 Å². The topological polar surface area (TPSA) is 104 Å². The smallest absolute Gasteiger partial charge is 0.340 e. The molecule has 0 bridgehead atoms. The third-order valence-corrected chi connectivity index (χ3v) is 8.90. The van der Waals surface area contributed by atoms with Crippen molar-refractivity contribution >= 4 is 43.8 Å². The van der Waals surface area contributed by atoms with Gasteiger partial charge in [-0.1, -0.05) is 33.8 Å². The summed E-state index contributed by atoms with van der Waals surface area (Å²) in [5.74, 6) is -1.69. The van der Waals surface area contributed by atoms with Crippen molar-refractivity contribution in [3.8, 4) is 11.5 Å². The number of carboxylic acids is 1. The molecule has 0 fully saturated rings. The SMILES string of the molecule is CCc1cc(O)c(Br)c(CC)c1C1(c2c(CC)cc(O)c(Br)c2CC)OC(=O)c2cccc(C(=O)O)c21. The third-order valence-electron chi connectivity index (χ3n) is 7.13. The second-order valence-electron chi connectivity index (χ2n) is 8.96. The highest BCUT2D eigenvalue weighted by Gasteiger charge is 2.55. The highest BCUT2D eigenvalue weighted by Crippen LogP contribution is 2.56. The van der Waals surface area contributed by atoms with Crippen LogP contribution in [0.3, 0.4) is 0 Å². The first-order valence-corrected chi connectivity index (χ1v) is 13.8. The Balaban J connectivity index is 2.39. The van der Waals surface area contributed by atoms with Gasteiger partial charge in [-0.25, -0.2) is 9.59 Å². The third kappa shape index (κ3) is 3.96. The van der Waals surface area contributed by atoms with E-state index in [1.807, 2.05) is 27.7 Å². The lowest BCUT2D eigenvalue weighted by Gasteiger charge is -2.38. The molecule has 0 atom stereocenters. The minimum atomic E-state index is -1.62. The number of fused-ring (bicyclic) bond motifs is 1. The van der Waals surface area contributed by atoms with Gasteiger partial charge in [0.1, 0.15) is 11.5 Å². The van der Waals surface area contributed by atoms with Gasteiger partial charge in [-0.15, -0.1) is 0 Å². The molecule has 194 valence electrons. The monoisotopic (exact) mass is 630 g/mol. The number of carboxylic acid groups (broad SMARTS) is 1. The Morgan fingerprint density at radius 2 is 1.32 bits per heavy atom. The summed E-state index contributed by atoms with van der Waals surface area (Å²) in [5, 5.41) is 31.8. The summed E-state index contributed by atoms with van der Waals surface area (Å²) in [6.07, 6.45) is 1.94. The summed E-state index contributed by atoms with van der Waals surface area (Å²) < 4.78 is 7.37. The summed E-state index contributed by atoms with van der Waals surface area (Å²) >= 11 is 7.08. The van der Waals surface area contributed by atoms with Crippen molar-refractivity contribution in [3.63, 3.8) is 0 Å². The number of phenols is 2. The van der Waals surface area contributed by atoms with Crippen molar-refractivity contribution in [1.82, 2.24) is 0 Å². The number of aromatic hydroxyl groups is 2. The summed E-state index contributed by atoms with van der Waals surface area (Å²) in [6.45, 7) is 7.75. The molecule has 0 radical (unpaired) electrons. The lowest BCUT2D eigenvalue weighted by atomic mass is 9.70. The van der Waals surface area contributed by atoms with Crippen molar-refractivity contribution < 1.29 is 29.6 Å². The van der Waals surface area contributed by atoms with Crippen LogP contribution in [-0.2, 0) is 36.0 Å². The van der Waals surface area contributed by atoms with Crippen LogP contribution < -0.4 is 0 Å². The molecular weight excluding hydrogens is 604 g/mol. The number of hydrogen-bond donors (Lipinski definition) is 3. The molecule has 3 aromatic carbocycles. The maximum Gasteiger partial charge on any atom is 0.340 e. The van der Waals surface area contributed by atoms with Gasteiger partial charge in [0.05, 0.1) is 20.1 Å². The molecule has 0 amide bonds. The number of ether oxygens (including phenoxy) is 1. The Morgan fingerprint density at radius 3 is 1.73 bits per heavy atom. The van der Waals surface area contributed by atoms with Gasteiger partial charge >= 0.3 is 11.9 Å². The molecular formula is C29H28Br2O6. The molecule has 1 heterocycles. The van der Waals surface area contributed by atoms with Crippen LogP contribution in [0.15, 0.2) is 39.3 Å². The van der Waals surface area contributed by atoms with E-state index < -0.39 is 17.5 Å². The summed E-state index contributed by atoms with van der Waals surface area (Å²) in [6, 6.07) is 7.90. The molecule has 0 aliphatic carbocycles. The first-order chi connectivity index (χ1) is 17.6. The molecule has 8 heteroatoms. The Labute approximate surface area is 232 Å². The van der Waals surface area contributed by atoms with Gasteiger partial charge in [0, 0.05) is 16.7 Å². The molecule has 37 heavy (non-hydrogen) atoms. The second kappa shape index (κ2) is 10.1. The van der Waals surface area contributed by atoms with Crippen molar-refractivity contribution in [2.24, 2.45) is 0 Å². The fourth-order valence-corrected chi connectivity index (χ4v) is 6.80. The Bertz CT molecular complexity index is 1380. The molecule has 6 nitrogen and oxygen atoms in total. The Morgan fingerprint density at radius 1 is 0.838 bits per heavy atom. The van der Waals surface area contributed by atoms with E-state index in [2.05, 4.69) is 31.9 Å². The van der Waals surface area contributed by atoms with Crippen LogP contribution in [0.4, 0.5) is 0 Å². The standard InChI is InChI=1S/C29H28Br2O6/c1-5-14-12-20(32)25(30)16(7-3)22(14)29(23-15(6-2)13-21(33)26(31)17(23)8-4)24-18(27(34)35)10-9-11-19(24)28(36)37-29/h9-13,32-33H,5-8H2,1-4H3,(H,34,35). The molecule has 0 saturated heterocycles. The number of rotatable bonds is 7. The van der Waals surface area contributed by atoms with Crippen LogP contribution in [0.2, 0.25) is 0 Å². The normalized spacial score (nSPS) is 13.9. The Hall–Kier alpha value is -2.84. The highest BCUT2D eigenvalue weighted by molar-refractivity contribution is 9.11. The molecule has 0 unspecified atom stereocenters. The predicted molar refractivity (Wildman–Crippen MR) is 148 cm³/mol. The van der Waals surface area contributed by atoms with Crippen LogP contribution in [-0.4, -0.2) is 27.3 Å². The van der Waals surface area contributed by atoms with E-state index in [4.69, 9.17) is 4.74 Å². The van der Waals surface area contributed by atoms with Gasteiger partial charge in [0.25, 0.3) is 0 Å². The minimum Gasteiger partial charge on any atom is -0.507 e. The van der Waals surface area contributed by atoms with E-state index in [-0.39, 0.29) is 28.2 Å². The van der Waals surface area contributed by atoms with E-state index in [0.29, 0.717) is 56.9 Å². The number of benzene rings is 3. The number of carbonyl (C=O) groups excluding carboxylic acids is 1. The van der Waals surface area contributed by atoms with Gasteiger partial charge < -0.3 is 20.1 Å². The van der Waals surface area contributed by atoms with Crippen LogP contribution in [0, 0.1) is 0 Å². The molecule has 0 saturated carbocycles. The zero-order chi connectivity index (χ0) is 27.2. The minimum absolute atomic E-state index is 0.0371. The number of aromatic carboxylic acids is 1. The van der Waals surface area contributed by atoms with E-state index in [1.54, 1.807) is 24.3 Å². The molecule has 3 aromatic rings. The van der Waals surface area contributed by atoms with Crippen molar-refractivity contribution in [2.75, 3.05) is 0 Å². The second-order valence-corrected chi connectivity index (χ2v) is 10.5. The number of carbonyl (C=O) groups is 2. The van der Waals surface area contributed by atoms with E-state index >= 15 is 0 Å². The zero-order valence-electron chi connectivity index (χ0n) is 21.0. The first kappa shape index (κ1) is 27.2. The molecule has 3 N–H and O–H groups in total. The zero-order valence-corrected chi connectivity index (χ0v) is 24.2. The summed E-state index contributed by atoms with van der Waals surface area (Å²) in [7, 11) is 0. The molecule has 0 spiro atoms. The average Bonchev–Trinajstić information content (AvgIpc) is 3.18. The van der Waals surface area contributed by atoms with Crippen molar-refractivity contribution in [1.29, 1.82) is 0 Å². The van der Waals surface area contributed by atoms with Gasteiger partial charge in [0.15, 0.2) is 5.60 Å². The van der Waals surface area contributed by atoms with Gasteiger partial charge in [-0.3, -0.25) is 0 Å². The number of phenolic OH excluding ortho intramolecular Hbond substituents is 2. The first-order valence-electron chi connectivity index (χ1n) is 12.3. The van der Waals surface area contributed by atoms with E-state index in [0.717, 1.165) is 11.1 Å². The van der Waals surface area contributed by atoms with Crippen molar-refractivity contribution in [3.05, 3.63) is 89.3 Å². The van der Waals surface area contributed by atoms with Gasteiger partial charge in [0.2, 0.25) is 0 Å². The quantitative estimate of drug-likeness (QED) is 0.242. The lowest BCUT2D eigenvalue weighted by molar-refractivity contribution is 0.0236. The molecule has 1 aliphatic rings. The molecule has 1 aliphatic heterocycles. The summed E-state index contributed by atoms with van der Waals surface area (Å²) in [5.41, 5.74) is 2.93. The number of hydrogen-bond acceptors (Lipinski definition) is 5. The lowest BCUT2D eigenvalue weighted by Crippen LogP contribution is -2.36. The van der Waals surface area contributed by atoms with Crippen LogP contribution in [0.25, 0.3) is 0 Å². The molecule has 0 aromatic heterocycles. The fraction of sp³-hybridized carbons (Fsp3) is 0.310. The fourth-order valence-electron chi connectivity index (χ4n) is 5.62. The average molecular weight is 632 g/mol. The summed E-state index contributed by atoms with van der Waals surface area (Å²) in [4.78, 5) is 26.2. The molecule has 4 rings (SSSR count). The maximum absolute atomic E-state index is 13.6. The number of halogens is 2. The van der Waals surface area contributed by atoms with Gasteiger partial charge in [-0.05, 0) is 104 Å². The van der Waals surface area contributed by atoms with E-state index in [9.17, 15) is 24.9 Å². The van der Waals surface area contributed by atoms with Crippen LogP contribution in [0.1, 0.15) is 87.4 Å². The maximum atomic E-state index is 13.6. The van der Waals surface area contributed by atoms with Gasteiger partial charge in [-0.2, -0.15) is 0 Å². The largest absolute Gasteiger partial charge is 0.507 e. The highest BCUT2D eigenvalue weighted by atomic mass is 79.9. The van der Waals surface area contributed by atoms with Crippen LogP contribution in [0.5, 0.6) is 11.5 Å². The van der Waals surface area contributed by atoms with Crippen molar-refractivity contribution in [2.45, 2.75) is 59.0 Å².